The summed E-state index contributed by atoms with van der Waals surface area (Å²) in [5, 5.41) is 13.0. The average molecular weight is 261 g/mol. The molecule has 0 amide bonds. The van der Waals surface area contributed by atoms with Crippen LogP contribution < -0.4 is 5.32 Å². The normalized spacial score (nSPS) is 23.6. The summed E-state index contributed by atoms with van der Waals surface area (Å²) in [6, 6.07) is 8.76. The number of aliphatic hydroxyl groups is 1. The van der Waals surface area contributed by atoms with Gasteiger partial charge in [-0.3, -0.25) is 0 Å². The summed E-state index contributed by atoms with van der Waals surface area (Å²) in [5.41, 5.74) is 2.59. The molecule has 2 atom stereocenters. The van der Waals surface area contributed by atoms with Gasteiger partial charge in [-0.05, 0) is 48.3 Å². The molecule has 1 aliphatic carbocycles. The highest BCUT2D eigenvalue weighted by molar-refractivity contribution is 5.45. The van der Waals surface area contributed by atoms with E-state index in [1.165, 1.54) is 36.9 Å². The van der Waals surface area contributed by atoms with E-state index in [1.807, 2.05) is 0 Å². The molecule has 1 aromatic rings. The first-order chi connectivity index (χ1) is 9.20. The largest absolute Gasteiger partial charge is 0.396 e. The van der Waals surface area contributed by atoms with Gasteiger partial charge in [-0.2, -0.15) is 0 Å². The van der Waals surface area contributed by atoms with Crippen LogP contribution in [0.3, 0.4) is 0 Å². The minimum absolute atomic E-state index is 0.346. The zero-order valence-electron chi connectivity index (χ0n) is 12.2. The zero-order valence-corrected chi connectivity index (χ0v) is 12.2. The molecule has 106 valence electrons. The summed E-state index contributed by atoms with van der Waals surface area (Å²) in [6.07, 6.45) is 5.04. The van der Waals surface area contributed by atoms with Crippen molar-refractivity contribution in [2.45, 2.75) is 45.4 Å². The van der Waals surface area contributed by atoms with E-state index in [0.717, 1.165) is 6.54 Å². The van der Waals surface area contributed by atoms with E-state index in [0.29, 0.717) is 24.4 Å². The Kier molecular flexibility index (Phi) is 5.26. The van der Waals surface area contributed by atoms with Crippen LogP contribution in [0.2, 0.25) is 0 Å². The quantitative estimate of drug-likeness (QED) is 0.839. The molecule has 2 unspecified atom stereocenters. The molecule has 0 bridgehead atoms. The van der Waals surface area contributed by atoms with Crippen LogP contribution in [0.4, 0.5) is 5.69 Å². The molecule has 2 N–H and O–H groups in total. The van der Waals surface area contributed by atoms with Crippen LogP contribution in [0, 0.1) is 11.8 Å². The first-order valence-electron chi connectivity index (χ1n) is 7.65. The number of anilines is 1. The lowest BCUT2D eigenvalue weighted by atomic mass is 9.79. The molecule has 1 aliphatic rings. The van der Waals surface area contributed by atoms with Gasteiger partial charge in [0.1, 0.15) is 0 Å². The van der Waals surface area contributed by atoms with Gasteiger partial charge in [0.05, 0.1) is 0 Å². The van der Waals surface area contributed by atoms with Crippen molar-refractivity contribution in [3.63, 3.8) is 0 Å². The Morgan fingerprint density at radius 1 is 1.11 bits per heavy atom. The monoisotopic (exact) mass is 261 g/mol. The number of rotatable bonds is 5. The molecule has 2 heteroatoms. The minimum atomic E-state index is 0.346. The van der Waals surface area contributed by atoms with Crippen LogP contribution in [0.15, 0.2) is 24.3 Å². The van der Waals surface area contributed by atoms with E-state index in [2.05, 4.69) is 43.4 Å². The van der Waals surface area contributed by atoms with E-state index >= 15 is 0 Å². The zero-order chi connectivity index (χ0) is 13.7. The third-order valence-corrected chi connectivity index (χ3v) is 4.45. The van der Waals surface area contributed by atoms with Gasteiger partial charge in [0.25, 0.3) is 0 Å². The number of aliphatic hydroxyl groups excluding tert-OH is 1. The highest BCUT2D eigenvalue weighted by Crippen LogP contribution is 2.30. The van der Waals surface area contributed by atoms with Gasteiger partial charge in [-0.15, -0.1) is 0 Å². The summed E-state index contributed by atoms with van der Waals surface area (Å²) < 4.78 is 0. The fourth-order valence-electron chi connectivity index (χ4n) is 3.03. The molecule has 0 aromatic heterocycles. The molecule has 1 aromatic carbocycles. The summed E-state index contributed by atoms with van der Waals surface area (Å²) in [7, 11) is 0. The molecular weight excluding hydrogens is 234 g/mol. The maximum atomic E-state index is 9.43. The molecule has 0 heterocycles. The highest BCUT2D eigenvalue weighted by atomic mass is 16.3. The summed E-state index contributed by atoms with van der Waals surface area (Å²) in [4.78, 5) is 0. The van der Waals surface area contributed by atoms with Crippen molar-refractivity contribution in [1.29, 1.82) is 0 Å². The topological polar surface area (TPSA) is 32.3 Å². The minimum Gasteiger partial charge on any atom is -0.396 e. The SMILES string of the molecule is CC(C)c1ccc(NCC2CCCCC2CO)cc1. The Hall–Kier alpha value is -1.02. The van der Waals surface area contributed by atoms with Crippen molar-refractivity contribution in [3.8, 4) is 0 Å². The average Bonchev–Trinajstić information content (AvgIpc) is 2.45. The number of benzene rings is 1. The molecule has 0 saturated heterocycles. The Balaban J connectivity index is 1.87. The second-order valence-electron chi connectivity index (χ2n) is 6.14. The molecule has 0 spiro atoms. The third-order valence-electron chi connectivity index (χ3n) is 4.45. The lowest BCUT2D eigenvalue weighted by Gasteiger charge is -2.30. The standard InChI is InChI=1S/C17H27NO/c1-13(2)14-7-9-17(10-8-14)18-11-15-5-3-4-6-16(15)12-19/h7-10,13,15-16,18-19H,3-6,11-12H2,1-2H3. The van der Waals surface area contributed by atoms with E-state index in [4.69, 9.17) is 0 Å². The molecule has 19 heavy (non-hydrogen) atoms. The van der Waals surface area contributed by atoms with Crippen LogP contribution in [0.5, 0.6) is 0 Å². The van der Waals surface area contributed by atoms with Crippen LogP contribution in [-0.4, -0.2) is 18.3 Å². The van der Waals surface area contributed by atoms with Crippen molar-refractivity contribution in [3.05, 3.63) is 29.8 Å². The van der Waals surface area contributed by atoms with Gasteiger partial charge in [0, 0.05) is 18.8 Å². The van der Waals surface area contributed by atoms with Crippen molar-refractivity contribution in [2.24, 2.45) is 11.8 Å². The summed E-state index contributed by atoms with van der Waals surface area (Å²) in [5.74, 6) is 1.71. The fraction of sp³-hybridized carbons (Fsp3) is 0.647. The molecule has 0 aliphatic heterocycles. The van der Waals surface area contributed by atoms with Crippen LogP contribution in [0.1, 0.15) is 51.0 Å². The van der Waals surface area contributed by atoms with Gasteiger partial charge < -0.3 is 10.4 Å². The molecule has 2 nitrogen and oxygen atoms in total. The fourth-order valence-corrected chi connectivity index (χ4v) is 3.03. The van der Waals surface area contributed by atoms with E-state index in [-0.39, 0.29) is 0 Å². The van der Waals surface area contributed by atoms with Gasteiger partial charge in [-0.1, -0.05) is 38.8 Å². The van der Waals surface area contributed by atoms with Gasteiger partial charge >= 0.3 is 0 Å². The van der Waals surface area contributed by atoms with Crippen molar-refractivity contribution < 1.29 is 5.11 Å². The number of hydrogen-bond donors (Lipinski definition) is 2. The Bertz CT molecular complexity index is 371. The van der Waals surface area contributed by atoms with E-state index in [1.54, 1.807) is 0 Å². The molecule has 0 radical (unpaired) electrons. The molecule has 1 saturated carbocycles. The van der Waals surface area contributed by atoms with Gasteiger partial charge in [0.15, 0.2) is 0 Å². The van der Waals surface area contributed by atoms with Gasteiger partial charge in [0.2, 0.25) is 0 Å². The second kappa shape index (κ2) is 6.95. The summed E-state index contributed by atoms with van der Waals surface area (Å²) in [6.45, 7) is 5.78. The molecule has 2 rings (SSSR count). The second-order valence-corrected chi connectivity index (χ2v) is 6.14. The lowest BCUT2D eigenvalue weighted by Crippen LogP contribution is -2.28. The predicted octanol–water partition coefficient (Wildman–Crippen LogP) is 4.02. The van der Waals surface area contributed by atoms with Crippen LogP contribution >= 0.6 is 0 Å². The third kappa shape index (κ3) is 3.97. The number of hydrogen-bond acceptors (Lipinski definition) is 2. The first kappa shape index (κ1) is 14.4. The maximum absolute atomic E-state index is 9.43. The van der Waals surface area contributed by atoms with Crippen molar-refractivity contribution >= 4 is 5.69 Å². The van der Waals surface area contributed by atoms with Gasteiger partial charge in [-0.25, -0.2) is 0 Å². The van der Waals surface area contributed by atoms with E-state index in [9.17, 15) is 5.11 Å². The maximum Gasteiger partial charge on any atom is 0.0462 e. The Labute approximate surface area is 117 Å². The number of nitrogens with one attached hydrogen (secondary N) is 1. The van der Waals surface area contributed by atoms with Crippen molar-refractivity contribution in [2.75, 3.05) is 18.5 Å². The van der Waals surface area contributed by atoms with Crippen LogP contribution in [-0.2, 0) is 0 Å². The van der Waals surface area contributed by atoms with E-state index < -0.39 is 0 Å². The molecule has 1 fully saturated rings. The Morgan fingerprint density at radius 2 is 1.74 bits per heavy atom. The predicted molar refractivity (Wildman–Crippen MR) is 81.6 cm³/mol. The first-order valence-corrected chi connectivity index (χ1v) is 7.65. The molecular formula is C17H27NO. The lowest BCUT2D eigenvalue weighted by molar-refractivity contribution is 0.141. The summed E-state index contributed by atoms with van der Waals surface area (Å²) >= 11 is 0. The van der Waals surface area contributed by atoms with Crippen molar-refractivity contribution in [1.82, 2.24) is 0 Å². The smallest absolute Gasteiger partial charge is 0.0462 e. The Morgan fingerprint density at radius 3 is 2.32 bits per heavy atom. The highest BCUT2D eigenvalue weighted by Gasteiger charge is 2.23. The van der Waals surface area contributed by atoms with Crippen LogP contribution in [0.25, 0.3) is 0 Å².